The molecule has 0 aliphatic carbocycles. The van der Waals surface area contributed by atoms with Crippen LogP contribution in [0.1, 0.15) is 10.4 Å². The van der Waals surface area contributed by atoms with E-state index in [2.05, 4.69) is 30.7 Å². The summed E-state index contributed by atoms with van der Waals surface area (Å²) in [6, 6.07) is 9.39. The predicted octanol–water partition coefficient (Wildman–Crippen LogP) is 2.87. The van der Waals surface area contributed by atoms with Crippen molar-refractivity contribution >= 4 is 29.0 Å². The van der Waals surface area contributed by atoms with Gasteiger partial charge in [-0.2, -0.15) is 10.1 Å². The summed E-state index contributed by atoms with van der Waals surface area (Å²) in [4.78, 5) is 24.7. The predicted molar refractivity (Wildman–Crippen MR) is 117 cm³/mol. The van der Waals surface area contributed by atoms with Gasteiger partial charge >= 0.3 is 0 Å². The van der Waals surface area contributed by atoms with Gasteiger partial charge in [-0.05, 0) is 12.1 Å². The van der Waals surface area contributed by atoms with Crippen LogP contribution in [-0.2, 0) is 7.05 Å². The first-order valence-electron chi connectivity index (χ1n) is 9.32. The van der Waals surface area contributed by atoms with E-state index in [1.54, 1.807) is 43.6 Å². The Morgan fingerprint density at radius 3 is 2.68 bits per heavy atom. The van der Waals surface area contributed by atoms with Gasteiger partial charge in [0.1, 0.15) is 17.1 Å². The van der Waals surface area contributed by atoms with Gasteiger partial charge in [-0.15, -0.1) is 0 Å². The Morgan fingerprint density at radius 1 is 1.13 bits per heavy atom. The molecule has 0 aliphatic rings. The normalized spacial score (nSPS) is 10.5. The van der Waals surface area contributed by atoms with Crippen LogP contribution in [0.4, 0.5) is 23.1 Å². The molecule has 0 aliphatic heterocycles. The average molecular weight is 416 g/mol. The van der Waals surface area contributed by atoms with Gasteiger partial charge in [0.2, 0.25) is 5.95 Å². The number of amides is 1. The number of nitrogens with two attached hydrogens (primary N) is 1. The number of aryl methyl sites for hydroxylation is 1. The van der Waals surface area contributed by atoms with Crippen LogP contribution in [0.25, 0.3) is 11.1 Å². The van der Waals surface area contributed by atoms with Crippen LogP contribution >= 0.6 is 0 Å². The summed E-state index contributed by atoms with van der Waals surface area (Å²) in [6.07, 6.45) is 8.23. The Morgan fingerprint density at radius 2 is 2.00 bits per heavy atom. The van der Waals surface area contributed by atoms with Crippen LogP contribution in [-0.4, -0.2) is 37.7 Å². The maximum absolute atomic E-state index is 12.0. The van der Waals surface area contributed by atoms with Crippen molar-refractivity contribution in [3.8, 4) is 16.9 Å². The molecule has 4 aromatic rings. The van der Waals surface area contributed by atoms with E-state index in [1.165, 1.54) is 6.20 Å². The largest absolute Gasteiger partial charge is 0.494 e. The van der Waals surface area contributed by atoms with E-state index in [4.69, 9.17) is 10.5 Å². The number of rotatable bonds is 7. The molecule has 0 fully saturated rings. The highest BCUT2D eigenvalue weighted by Crippen LogP contribution is 2.37. The van der Waals surface area contributed by atoms with Gasteiger partial charge in [0, 0.05) is 43.0 Å². The van der Waals surface area contributed by atoms with Crippen LogP contribution in [0.5, 0.6) is 5.75 Å². The number of primary amides is 1. The highest BCUT2D eigenvalue weighted by Gasteiger charge is 2.17. The van der Waals surface area contributed by atoms with E-state index in [9.17, 15) is 4.79 Å². The van der Waals surface area contributed by atoms with E-state index < -0.39 is 5.91 Å². The molecule has 4 N–H and O–H groups in total. The van der Waals surface area contributed by atoms with Crippen molar-refractivity contribution in [1.82, 2.24) is 24.7 Å². The fraction of sp³-hybridized carbons (Fsp3) is 0.0952. The lowest BCUT2D eigenvalue weighted by Gasteiger charge is -2.16. The summed E-state index contributed by atoms with van der Waals surface area (Å²) in [5.41, 5.74) is 8.72. The average Bonchev–Trinajstić information content (AvgIpc) is 3.18. The number of benzene rings is 1. The number of ether oxygens (including phenoxy) is 1. The zero-order chi connectivity index (χ0) is 21.8. The van der Waals surface area contributed by atoms with E-state index in [0.29, 0.717) is 17.1 Å². The van der Waals surface area contributed by atoms with Crippen LogP contribution < -0.4 is 21.1 Å². The van der Waals surface area contributed by atoms with E-state index in [0.717, 1.165) is 11.1 Å². The Hall–Kier alpha value is -4.47. The van der Waals surface area contributed by atoms with Crippen molar-refractivity contribution in [3.63, 3.8) is 0 Å². The molecule has 1 amide bonds. The van der Waals surface area contributed by atoms with Gasteiger partial charge in [-0.25, -0.2) is 4.98 Å². The Bertz CT molecular complexity index is 1220. The number of nitrogens with one attached hydrogen (secondary N) is 2. The summed E-state index contributed by atoms with van der Waals surface area (Å²) in [5, 5.41) is 10.3. The second kappa shape index (κ2) is 8.49. The molecule has 0 saturated carbocycles. The van der Waals surface area contributed by atoms with E-state index in [1.807, 2.05) is 30.3 Å². The van der Waals surface area contributed by atoms with Crippen LogP contribution in [0.3, 0.4) is 0 Å². The zero-order valence-electron chi connectivity index (χ0n) is 16.9. The molecule has 10 heteroatoms. The maximum Gasteiger partial charge on any atom is 0.254 e. The molecule has 4 rings (SSSR count). The van der Waals surface area contributed by atoms with Crippen molar-refractivity contribution in [2.45, 2.75) is 0 Å². The molecule has 0 bridgehead atoms. The lowest BCUT2D eigenvalue weighted by Crippen LogP contribution is -2.16. The number of hydrogen-bond acceptors (Lipinski definition) is 8. The highest BCUT2D eigenvalue weighted by atomic mass is 16.5. The summed E-state index contributed by atoms with van der Waals surface area (Å²) in [6.45, 7) is 0. The fourth-order valence-corrected chi connectivity index (χ4v) is 3.06. The molecule has 31 heavy (non-hydrogen) atoms. The van der Waals surface area contributed by atoms with Gasteiger partial charge in [0.25, 0.3) is 5.91 Å². The summed E-state index contributed by atoms with van der Waals surface area (Å²) in [7, 11) is 3.38. The SMILES string of the molecule is COc1c(Nc2nc(Nc3cnn(C)c3)ncc2C(N)=O)cccc1-c1cccnc1. The molecule has 0 atom stereocenters. The van der Waals surface area contributed by atoms with Gasteiger partial charge in [0.05, 0.1) is 24.7 Å². The molecule has 0 unspecified atom stereocenters. The Kier molecular flexibility index (Phi) is 5.43. The number of carbonyl (C=O) groups is 1. The molecule has 0 spiro atoms. The first-order valence-corrected chi connectivity index (χ1v) is 9.32. The first-order chi connectivity index (χ1) is 15.0. The number of hydrogen-bond donors (Lipinski definition) is 3. The number of methoxy groups -OCH3 is 1. The van der Waals surface area contributed by atoms with Gasteiger partial charge < -0.3 is 21.1 Å². The van der Waals surface area contributed by atoms with Crippen molar-refractivity contribution in [3.05, 3.63) is 66.9 Å². The van der Waals surface area contributed by atoms with Crippen LogP contribution in [0, 0.1) is 0 Å². The molecule has 0 saturated heterocycles. The van der Waals surface area contributed by atoms with Gasteiger partial charge in [0.15, 0.2) is 0 Å². The van der Waals surface area contributed by atoms with Crippen molar-refractivity contribution in [1.29, 1.82) is 0 Å². The zero-order valence-corrected chi connectivity index (χ0v) is 16.9. The third kappa shape index (κ3) is 4.27. The minimum absolute atomic E-state index is 0.144. The molecule has 10 nitrogen and oxygen atoms in total. The molecule has 0 radical (unpaired) electrons. The first kappa shape index (κ1) is 19.8. The summed E-state index contributed by atoms with van der Waals surface area (Å²) < 4.78 is 7.30. The minimum Gasteiger partial charge on any atom is -0.494 e. The lowest BCUT2D eigenvalue weighted by molar-refractivity contribution is 0.100. The monoisotopic (exact) mass is 416 g/mol. The molecule has 3 heterocycles. The van der Waals surface area contributed by atoms with Crippen LogP contribution in [0.2, 0.25) is 0 Å². The number of anilines is 4. The second-order valence-corrected chi connectivity index (χ2v) is 6.60. The molecule has 3 aromatic heterocycles. The number of aromatic nitrogens is 5. The maximum atomic E-state index is 12.0. The minimum atomic E-state index is -0.655. The topological polar surface area (TPSA) is 133 Å². The third-order valence-electron chi connectivity index (χ3n) is 4.46. The van der Waals surface area contributed by atoms with Crippen molar-refractivity contribution in [2.75, 3.05) is 17.7 Å². The molecular weight excluding hydrogens is 396 g/mol. The quantitative estimate of drug-likeness (QED) is 0.419. The second-order valence-electron chi connectivity index (χ2n) is 6.60. The summed E-state index contributed by atoms with van der Waals surface area (Å²) >= 11 is 0. The third-order valence-corrected chi connectivity index (χ3v) is 4.46. The number of carbonyl (C=O) groups excluding carboxylic acids is 1. The highest BCUT2D eigenvalue weighted by molar-refractivity contribution is 5.98. The molecular formula is C21H20N8O2. The molecule has 156 valence electrons. The number of nitrogens with zero attached hydrogens (tertiary/aromatic N) is 5. The number of pyridine rings is 1. The summed E-state index contributed by atoms with van der Waals surface area (Å²) in [5.74, 6) is 0.447. The number of para-hydroxylation sites is 1. The molecule has 1 aromatic carbocycles. The Balaban J connectivity index is 1.72. The van der Waals surface area contributed by atoms with Gasteiger partial charge in [-0.1, -0.05) is 18.2 Å². The lowest BCUT2D eigenvalue weighted by atomic mass is 10.1. The van der Waals surface area contributed by atoms with Crippen molar-refractivity contribution in [2.24, 2.45) is 12.8 Å². The van der Waals surface area contributed by atoms with Crippen LogP contribution in [0.15, 0.2) is 61.3 Å². The standard InChI is InChI=1S/C21H20N8O2/c1-29-12-14(10-25-29)26-21-24-11-16(19(22)30)20(28-21)27-17-7-3-6-15(18(17)31-2)13-5-4-8-23-9-13/h3-12H,1-2H3,(H2,22,30)(H2,24,26,27,28). The Labute approximate surface area is 178 Å². The van der Waals surface area contributed by atoms with Crippen molar-refractivity contribution < 1.29 is 9.53 Å². The van der Waals surface area contributed by atoms with Gasteiger partial charge in [-0.3, -0.25) is 14.5 Å². The fourth-order valence-electron chi connectivity index (χ4n) is 3.06. The van der Waals surface area contributed by atoms with E-state index >= 15 is 0 Å². The smallest absolute Gasteiger partial charge is 0.254 e. The van der Waals surface area contributed by atoms with E-state index in [-0.39, 0.29) is 17.3 Å².